The van der Waals surface area contributed by atoms with Crippen LogP contribution in [0, 0.1) is 0 Å². The standard InChI is InChI=1S/C13H8Cl3NO3/c1-20-12-11(6(13(18)19)2-3-17-12)7-4-9(15)10(16)5-8(7)14/h2-5H,1H3,(H,18,19). The van der Waals surface area contributed by atoms with E-state index in [1.807, 2.05) is 0 Å². The number of halogens is 3. The zero-order chi connectivity index (χ0) is 14.9. The summed E-state index contributed by atoms with van der Waals surface area (Å²) in [5.41, 5.74) is 0.659. The number of hydrogen-bond donors (Lipinski definition) is 1. The number of aromatic carboxylic acids is 1. The first-order chi connectivity index (χ1) is 9.45. The van der Waals surface area contributed by atoms with Crippen LogP contribution in [0.3, 0.4) is 0 Å². The molecule has 1 heterocycles. The fourth-order valence-corrected chi connectivity index (χ4v) is 2.39. The largest absolute Gasteiger partial charge is 0.481 e. The van der Waals surface area contributed by atoms with E-state index >= 15 is 0 Å². The second-order valence-corrected chi connectivity index (χ2v) is 5.02. The first-order valence-electron chi connectivity index (χ1n) is 5.37. The van der Waals surface area contributed by atoms with Gasteiger partial charge in [0.2, 0.25) is 5.88 Å². The molecule has 0 saturated heterocycles. The number of carboxylic acids is 1. The Morgan fingerprint density at radius 2 is 1.85 bits per heavy atom. The van der Waals surface area contributed by atoms with Crippen LogP contribution in [0.15, 0.2) is 24.4 Å². The Labute approximate surface area is 129 Å². The highest BCUT2D eigenvalue weighted by molar-refractivity contribution is 6.44. The third kappa shape index (κ3) is 2.68. The predicted molar refractivity (Wildman–Crippen MR) is 78.2 cm³/mol. The average Bonchev–Trinajstić information content (AvgIpc) is 2.42. The van der Waals surface area contributed by atoms with Crippen LogP contribution in [-0.2, 0) is 0 Å². The topological polar surface area (TPSA) is 59.4 Å². The molecule has 0 unspecified atom stereocenters. The minimum absolute atomic E-state index is 0.0112. The molecule has 20 heavy (non-hydrogen) atoms. The quantitative estimate of drug-likeness (QED) is 0.845. The number of ether oxygens (including phenoxy) is 1. The molecular formula is C13H8Cl3NO3. The number of aromatic nitrogens is 1. The maximum atomic E-state index is 11.3. The maximum Gasteiger partial charge on any atom is 0.336 e. The van der Waals surface area contributed by atoms with Crippen LogP contribution < -0.4 is 4.74 Å². The molecule has 1 aromatic heterocycles. The SMILES string of the molecule is COc1nccc(C(=O)O)c1-c1cc(Cl)c(Cl)cc1Cl. The molecule has 2 rings (SSSR count). The lowest BCUT2D eigenvalue weighted by atomic mass is 10.0. The van der Waals surface area contributed by atoms with Crippen LogP contribution >= 0.6 is 34.8 Å². The lowest BCUT2D eigenvalue weighted by molar-refractivity contribution is 0.0697. The molecule has 1 aromatic carbocycles. The molecule has 0 spiro atoms. The van der Waals surface area contributed by atoms with E-state index < -0.39 is 5.97 Å². The predicted octanol–water partition coefficient (Wildman–Crippen LogP) is 4.42. The van der Waals surface area contributed by atoms with Crippen LogP contribution in [0.5, 0.6) is 5.88 Å². The first-order valence-corrected chi connectivity index (χ1v) is 6.50. The van der Waals surface area contributed by atoms with Crippen molar-refractivity contribution >= 4 is 40.8 Å². The van der Waals surface area contributed by atoms with E-state index in [-0.39, 0.29) is 32.1 Å². The van der Waals surface area contributed by atoms with Gasteiger partial charge in [0.15, 0.2) is 0 Å². The zero-order valence-corrected chi connectivity index (χ0v) is 12.4. The van der Waals surface area contributed by atoms with Gasteiger partial charge in [0, 0.05) is 11.8 Å². The van der Waals surface area contributed by atoms with Crippen molar-refractivity contribution in [3.05, 3.63) is 45.0 Å². The Kier molecular flexibility index (Phi) is 4.38. The summed E-state index contributed by atoms with van der Waals surface area (Å²) >= 11 is 18.0. The fourth-order valence-electron chi connectivity index (χ4n) is 1.75. The van der Waals surface area contributed by atoms with Gasteiger partial charge in [-0.15, -0.1) is 0 Å². The molecule has 0 saturated carbocycles. The highest BCUT2D eigenvalue weighted by Crippen LogP contribution is 2.40. The maximum absolute atomic E-state index is 11.3. The second kappa shape index (κ2) is 5.87. The Morgan fingerprint density at radius 3 is 2.45 bits per heavy atom. The van der Waals surface area contributed by atoms with Gasteiger partial charge in [-0.3, -0.25) is 0 Å². The van der Waals surface area contributed by atoms with Gasteiger partial charge < -0.3 is 9.84 Å². The average molecular weight is 333 g/mol. The van der Waals surface area contributed by atoms with E-state index in [0.29, 0.717) is 5.56 Å². The van der Waals surface area contributed by atoms with Crippen LogP contribution in [0.1, 0.15) is 10.4 Å². The number of benzene rings is 1. The fraction of sp³-hybridized carbons (Fsp3) is 0.0769. The molecule has 0 radical (unpaired) electrons. The van der Waals surface area contributed by atoms with E-state index in [1.165, 1.54) is 31.5 Å². The van der Waals surface area contributed by atoms with Crippen molar-refractivity contribution in [3.63, 3.8) is 0 Å². The van der Waals surface area contributed by atoms with Gasteiger partial charge in [0.1, 0.15) is 0 Å². The second-order valence-electron chi connectivity index (χ2n) is 3.79. The summed E-state index contributed by atoms with van der Waals surface area (Å²) in [6, 6.07) is 4.29. The lowest BCUT2D eigenvalue weighted by Gasteiger charge is -2.13. The molecular weight excluding hydrogens is 325 g/mol. The molecule has 4 nitrogen and oxygen atoms in total. The molecule has 0 aliphatic rings. The van der Waals surface area contributed by atoms with Crippen molar-refractivity contribution in [2.75, 3.05) is 7.11 Å². The number of methoxy groups -OCH3 is 1. The summed E-state index contributed by atoms with van der Waals surface area (Å²) in [5, 5.41) is 10.1. The van der Waals surface area contributed by atoms with Crippen molar-refractivity contribution in [2.45, 2.75) is 0 Å². The number of hydrogen-bond acceptors (Lipinski definition) is 3. The van der Waals surface area contributed by atoms with E-state index in [0.717, 1.165) is 0 Å². The van der Waals surface area contributed by atoms with Crippen LogP contribution in [-0.4, -0.2) is 23.2 Å². The van der Waals surface area contributed by atoms with Crippen molar-refractivity contribution in [2.24, 2.45) is 0 Å². The van der Waals surface area contributed by atoms with Gasteiger partial charge in [-0.1, -0.05) is 34.8 Å². The highest BCUT2D eigenvalue weighted by Gasteiger charge is 2.21. The van der Waals surface area contributed by atoms with Gasteiger partial charge in [0.25, 0.3) is 0 Å². The molecule has 104 valence electrons. The number of rotatable bonds is 3. The minimum Gasteiger partial charge on any atom is -0.481 e. The van der Waals surface area contributed by atoms with Crippen molar-refractivity contribution in [3.8, 4) is 17.0 Å². The van der Waals surface area contributed by atoms with Crippen molar-refractivity contribution < 1.29 is 14.6 Å². The van der Waals surface area contributed by atoms with Crippen LogP contribution in [0.4, 0.5) is 0 Å². The van der Waals surface area contributed by atoms with Gasteiger partial charge in [0.05, 0.1) is 33.3 Å². The molecule has 0 aliphatic heterocycles. The normalized spacial score (nSPS) is 10.4. The van der Waals surface area contributed by atoms with Crippen molar-refractivity contribution in [1.29, 1.82) is 0 Å². The Bertz CT molecular complexity index is 689. The molecule has 0 fully saturated rings. The lowest BCUT2D eigenvalue weighted by Crippen LogP contribution is -2.03. The van der Waals surface area contributed by atoms with Gasteiger partial charge in [-0.25, -0.2) is 9.78 Å². The van der Waals surface area contributed by atoms with Crippen molar-refractivity contribution in [1.82, 2.24) is 4.98 Å². The third-order valence-electron chi connectivity index (χ3n) is 2.62. The van der Waals surface area contributed by atoms with Crippen LogP contribution in [0.2, 0.25) is 15.1 Å². The Morgan fingerprint density at radius 1 is 1.20 bits per heavy atom. The Hall–Kier alpha value is -1.49. The third-order valence-corrected chi connectivity index (χ3v) is 3.65. The molecule has 1 N–H and O–H groups in total. The Balaban J connectivity index is 2.80. The summed E-state index contributed by atoms with van der Waals surface area (Å²) < 4.78 is 5.11. The number of carbonyl (C=O) groups is 1. The molecule has 7 heteroatoms. The molecule has 0 atom stereocenters. The summed E-state index contributed by atoms with van der Waals surface area (Å²) in [5.74, 6) is -0.979. The van der Waals surface area contributed by atoms with E-state index in [1.54, 1.807) is 0 Å². The highest BCUT2D eigenvalue weighted by atomic mass is 35.5. The monoisotopic (exact) mass is 331 g/mol. The smallest absolute Gasteiger partial charge is 0.336 e. The summed E-state index contributed by atoms with van der Waals surface area (Å²) in [6.45, 7) is 0. The zero-order valence-electron chi connectivity index (χ0n) is 10.2. The molecule has 0 amide bonds. The van der Waals surface area contributed by atoms with E-state index in [9.17, 15) is 9.90 Å². The molecule has 0 aliphatic carbocycles. The number of carboxylic acid groups (broad SMARTS) is 1. The molecule has 0 bridgehead atoms. The summed E-state index contributed by atoms with van der Waals surface area (Å²) in [6.07, 6.45) is 1.34. The summed E-state index contributed by atoms with van der Waals surface area (Å²) in [4.78, 5) is 15.3. The summed E-state index contributed by atoms with van der Waals surface area (Å²) in [7, 11) is 1.39. The number of nitrogens with zero attached hydrogens (tertiary/aromatic N) is 1. The molecule has 2 aromatic rings. The van der Waals surface area contributed by atoms with Gasteiger partial charge >= 0.3 is 5.97 Å². The van der Waals surface area contributed by atoms with E-state index in [4.69, 9.17) is 39.5 Å². The minimum atomic E-state index is -1.12. The van der Waals surface area contributed by atoms with Gasteiger partial charge in [-0.2, -0.15) is 0 Å². The van der Waals surface area contributed by atoms with Gasteiger partial charge in [-0.05, 0) is 18.2 Å². The van der Waals surface area contributed by atoms with Crippen LogP contribution in [0.25, 0.3) is 11.1 Å². The van der Waals surface area contributed by atoms with E-state index in [2.05, 4.69) is 4.98 Å². The number of pyridine rings is 1. The first kappa shape index (κ1) is 14.9.